The Kier molecular flexibility index (Phi) is 20.6. The Bertz CT molecular complexity index is 8560. The summed E-state index contributed by atoms with van der Waals surface area (Å²) in [4.78, 5) is 0. The van der Waals surface area contributed by atoms with Crippen molar-refractivity contribution in [3.63, 3.8) is 0 Å². The SMILES string of the molecule is CC1(C)c2ccccc2N(P(=O)(c2ccccc2)c2ccccc2)c2ccc(-n3c4ccccc4c4ccccc43)cc21.O=P(c1ccccc1)(c1ccccc1)n1c2ccccc2c2cc(-n3c4ccccc4c4ccccc43)ccc21.O=P(c1ccccc1)(c1ccccc1)n1c2ccccc2c2cc(C3c4ccccc4C(c4ccccc4)(c4ccccc4)c4ccccc43)ccc21. The molecule has 5 heterocycles. The van der Waals surface area contributed by atoms with Gasteiger partial charge in [0.2, 0.25) is 21.9 Å². The number of fused-ring (bicyclic) bond motifs is 16. The van der Waals surface area contributed by atoms with Crippen LogP contribution in [0, 0.1) is 0 Å². The van der Waals surface area contributed by atoms with E-state index in [1.165, 1.54) is 82.6 Å². The Labute approximate surface area is 790 Å². The van der Waals surface area contributed by atoms with Crippen LogP contribution in [0.4, 0.5) is 11.4 Å². The minimum atomic E-state index is -3.35. The molecule has 0 unspecified atom stereocenters. The summed E-state index contributed by atoms with van der Waals surface area (Å²) in [6.45, 7) is 4.57. The number of benzene rings is 20. The summed E-state index contributed by atoms with van der Waals surface area (Å²) < 4.78 is 58.4. The van der Waals surface area contributed by atoms with E-state index >= 15 is 13.7 Å². The first-order valence-corrected chi connectivity index (χ1v) is 51.5. The first kappa shape index (κ1) is 83.2. The van der Waals surface area contributed by atoms with Crippen molar-refractivity contribution in [3.05, 3.63) is 566 Å². The standard InChI is InChI=1S/C50H36NOP.C39H31N2OP.C36H25N2OP/c52-53(39-23-9-3-10-24-39,40-25-11-4-12-26-40)51-47-32-18-15-27-41(47)44-35-36(33-34-48(44)51)49-42-28-13-16-30-45(42)50(37-19-5-1-6-20-37,38-21-7-2-8-22-38)46-31-17-14-29-43(46)49;1-39(2)33-21-11-14-24-37(33)41(43(42,29-15-5-3-6-16-29)30-17-7-4-8-18-30)38-26-25-28(27-34(38)39)40-35-22-12-9-19-31(35)32-20-10-13-23-36(32)40;39-40(27-13-3-1-4-14-27,28-15-5-2-6-16-28)38-35-22-12-9-19-31(35)32-25-26(23-24-36(32)38)37-33-20-10-7-17-29(33)30-18-8-11-21-34(30)37/h1-35,49H;3-27H,1-2H3;1-25H. The van der Waals surface area contributed by atoms with E-state index in [-0.39, 0.29) is 11.3 Å². The Morgan fingerprint density at radius 1 is 0.213 bits per heavy atom. The summed E-state index contributed by atoms with van der Waals surface area (Å²) in [5, 5.41) is 14.2. The van der Waals surface area contributed by atoms with Gasteiger partial charge in [-0.1, -0.05) is 366 Å². The molecule has 1 aliphatic heterocycles. The van der Waals surface area contributed by atoms with Gasteiger partial charge in [-0.2, -0.15) is 0 Å². The van der Waals surface area contributed by atoms with Crippen LogP contribution >= 0.6 is 21.9 Å². The maximum Gasteiger partial charge on any atom is 0.234 e. The molecular weight excluding hydrogens is 1710 g/mol. The summed E-state index contributed by atoms with van der Waals surface area (Å²) in [6, 6.07) is 179. The Morgan fingerprint density at radius 3 is 0.875 bits per heavy atom. The molecule has 26 rings (SSSR count). The zero-order valence-corrected chi connectivity index (χ0v) is 77.6. The predicted molar refractivity (Wildman–Crippen MR) is 570 cm³/mol. The third-order valence-corrected chi connectivity index (χ3v) is 37.2. The minimum Gasteiger partial charge on any atom is -0.309 e. The van der Waals surface area contributed by atoms with Crippen molar-refractivity contribution in [2.45, 2.75) is 30.6 Å². The predicted octanol–water partition coefficient (Wildman–Crippen LogP) is 29.6. The summed E-state index contributed by atoms with van der Waals surface area (Å²) in [6.07, 6.45) is 0. The molecule has 11 heteroatoms. The van der Waals surface area contributed by atoms with Crippen molar-refractivity contribution in [1.29, 1.82) is 0 Å². The lowest BCUT2D eigenvalue weighted by atomic mass is 9.57. The lowest BCUT2D eigenvalue weighted by Gasteiger charge is -2.45. The summed E-state index contributed by atoms with van der Waals surface area (Å²) >= 11 is 0. The van der Waals surface area contributed by atoms with E-state index in [4.69, 9.17) is 0 Å². The molecule has 20 aromatic carbocycles. The van der Waals surface area contributed by atoms with Gasteiger partial charge >= 0.3 is 0 Å². The third-order valence-electron chi connectivity index (χ3n) is 28.2. The second-order valence-electron chi connectivity index (χ2n) is 35.9. The normalized spacial score (nSPS) is 13.4. The highest BCUT2D eigenvalue weighted by molar-refractivity contribution is 7.80. The molecule has 0 saturated heterocycles. The first-order valence-electron chi connectivity index (χ1n) is 46.5. The van der Waals surface area contributed by atoms with Crippen molar-refractivity contribution in [2.75, 3.05) is 4.67 Å². The molecule has 2 aliphatic rings. The van der Waals surface area contributed by atoms with E-state index in [2.05, 4.69) is 364 Å². The van der Waals surface area contributed by atoms with Gasteiger partial charge in [0.1, 0.15) is 0 Å². The van der Waals surface area contributed by atoms with Crippen molar-refractivity contribution in [1.82, 2.24) is 17.8 Å². The van der Waals surface area contributed by atoms with Gasteiger partial charge in [-0.15, -0.1) is 0 Å². The molecule has 0 N–H and O–H groups in total. The van der Waals surface area contributed by atoms with Gasteiger partial charge in [-0.05, 0) is 214 Å². The summed E-state index contributed by atoms with van der Waals surface area (Å²) in [7, 11) is -9.95. The minimum absolute atomic E-state index is 0.00971. The van der Waals surface area contributed by atoms with Gasteiger partial charge in [0.15, 0.2) is 0 Å². The number of hydrogen-bond donors (Lipinski definition) is 0. The summed E-state index contributed by atoms with van der Waals surface area (Å²) in [5.74, 6) is -0.00971. The number of rotatable bonds is 14. The van der Waals surface area contributed by atoms with Crippen molar-refractivity contribution < 1.29 is 13.7 Å². The second-order valence-corrected chi connectivity index (χ2v) is 43.6. The van der Waals surface area contributed by atoms with Crippen LogP contribution in [0.25, 0.3) is 98.6 Å². The van der Waals surface area contributed by atoms with Gasteiger partial charge in [0.05, 0.1) is 60.9 Å². The zero-order valence-electron chi connectivity index (χ0n) is 75.0. The third kappa shape index (κ3) is 13.1. The van der Waals surface area contributed by atoms with E-state index in [9.17, 15) is 0 Å². The van der Waals surface area contributed by atoms with Crippen LogP contribution in [0.15, 0.2) is 516 Å². The Hall–Kier alpha value is -15.9. The molecule has 0 radical (unpaired) electrons. The van der Waals surface area contributed by atoms with Crippen molar-refractivity contribution >= 4 is 152 Å². The largest absolute Gasteiger partial charge is 0.309 e. The van der Waals surface area contributed by atoms with E-state index in [1.54, 1.807) is 0 Å². The number of aromatic nitrogens is 4. The molecule has 136 heavy (non-hydrogen) atoms. The fourth-order valence-corrected chi connectivity index (χ4v) is 30.9. The molecule has 650 valence electrons. The number of anilines is 2. The maximum absolute atomic E-state index is 15.9. The van der Waals surface area contributed by atoms with Crippen molar-refractivity contribution in [2.24, 2.45) is 0 Å². The van der Waals surface area contributed by atoms with Crippen LogP contribution in [0.3, 0.4) is 0 Å². The fourth-order valence-electron chi connectivity index (χ4n) is 22.3. The van der Waals surface area contributed by atoms with Crippen LogP contribution in [0.5, 0.6) is 0 Å². The van der Waals surface area contributed by atoms with Crippen LogP contribution < -0.4 is 36.5 Å². The molecule has 8 nitrogen and oxygen atoms in total. The average Bonchev–Trinajstić information content (AvgIpc) is 1.19. The highest BCUT2D eigenvalue weighted by Gasteiger charge is 2.49. The number of hydrogen-bond acceptors (Lipinski definition) is 3. The Balaban J connectivity index is 0.000000113. The zero-order chi connectivity index (χ0) is 91.3. The highest BCUT2D eigenvalue weighted by Crippen LogP contribution is 2.63. The molecule has 4 aromatic heterocycles. The van der Waals surface area contributed by atoms with E-state index in [1.807, 2.05) is 188 Å². The molecule has 0 amide bonds. The molecule has 0 bridgehead atoms. The smallest absolute Gasteiger partial charge is 0.234 e. The molecule has 0 atom stereocenters. The Morgan fingerprint density at radius 2 is 0.485 bits per heavy atom. The monoisotopic (exact) mass is 1800 g/mol. The van der Waals surface area contributed by atoms with Gasteiger partial charge in [0.25, 0.3) is 0 Å². The lowest BCUT2D eigenvalue weighted by Crippen LogP contribution is -2.37. The molecule has 0 fully saturated rings. The molecule has 0 saturated carbocycles. The summed E-state index contributed by atoms with van der Waals surface area (Å²) in [5.41, 5.74) is 23.1. The van der Waals surface area contributed by atoms with E-state index in [0.29, 0.717) is 0 Å². The van der Waals surface area contributed by atoms with Crippen molar-refractivity contribution in [3.8, 4) is 11.4 Å². The van der Waals surface area contributed by atoms with Crippen LogP contribution in [-0.4, -0.2) is 17.8 Å². The molecule has 1 aliphatic carbocycles. The first-order chi connectivity index (χ1) is 66.9. The topological polar surface area (TPSA) is 74.2 Å². The molecule has 0 spiro atoms. The van der Waals surface area contributed by atoms with Gasteiger partial charge in [-0.3, -0.25) is 27.0 Å². The van der Waals surface area contributed by atoms with Gasteiger partial charge < -0.3 is 9.13 Å². The quantitative estimate of drug-likeness (QED) is 0.102. The molecular formula is C125H92N5O3P3. The van der Waals surface area contributed by atoms with Gasteiger partial charge in [0, 0.05) is 97.6 Å². The number of para-hydroxylation sites is 7. The second kappa shape index (κ2) is 33.7. The van der Waals surface area contributed by atoms with Crippen LogP contribution in [-0.2, 0) is 24.5 Å². The van der Waals surface area contributed by atoms with Crippen LogP contribution in [0.1, 0.15) is 69.8 Å². The fraction of sp³-hybridized carbons (Fsp3) is 0.0400. The van der Waals surface area contributed by atoms with Crippen LogP contribution in [0.2, 0.25) is 0 Å². The average molecular weight is 1810 g/mol. The highest BCUT2D eigenvalue weighted by atomic mass is 31.2. The van der Waals surface area contributed by atoms with E-state index < -0.39 is 27.3 Å². The number of nitrogens with zero attached hydrogens (tertiary/aromatic N) is 5. The van der Waals surface area contributed by atoms with Gasteiger partial charge in [-0.25, -0.2) is 0 Å². The lowest BCUT2D eigenvalue weighted by molar-refractivity contribution is 0.582. The van der Waals surface area contributed by atoms with E-state index in [0.717, 1.165) is 109 Å². The molecule has 24 aromatic rings. The maximum atomic E-state index is 15.9.